The zero-order chi connectivity index (χ0) is 21.3. The van der Waals surface area contributed by atoms with Gasteiger partial charge in [-0.05, 0) is 56.2 Å². The molecule has 2 aromatic heterocycles. The summed E-state index contributed by atoms with van der Waals surface area (Å²) in [6.45, 7) is 6.90. The number of nitrogens with zero attached hydrogens (tertiary/aromatic N) is 4. The minimum Gasteiger partial charge on any atom is -0.461 e. The first kappa shape index (κ1) is 20.5. The molecule has 0 aliphatic rings. The molecule has 0 N–H and O–H groups in total. The predicted octanol–water partition coefficient (Wildman–Crippen LogP) is 5.13. The van der Waals surface area contributed by atoms with Crippen LogP contribution >= 0.6 is 22.9 Å². The number of fused-ring (bicyclic) bond motifs is 1. The highest BCUT2D eigenvalue weighted by molar-refractivity contribution is 7.15. The average molecular weight is 441 g/mol. The van der Waals surface area contributed by atoms with Crippen molar-refractivity contribution in [2.24, 2.45) is 0 Å². The van der Waals surface area contributed by atoms with E-state index in [9.17, 15) is 4.79 Å². The molecule has 4 aromatic rings. The van der Waals surface area contributed by atoms with Crippen molar-refractivity contribution in [3.8, 4) is 10.6 Å². The monoisotopic (exact) mass is 440 g/mol. The Morgan fingerprint density at radius 1 is 1.20 bits per heavy atom. The highest BCUT2D eigenvalue weighted by Gasteiger charge is 2.15. The molecule has 154 valence electrons. The second-order valence-corrected chi connectivity index (χ2v) is 8.57. The van der Waals surface area contributed by atoms with Gasteiger partial charge in [0.05, 0.1) is 17.6 Å². The minimum atomic E-state index is -0.279. The Morgan fingerprint density at radius 2 is 2.03 bits per heavy atom. The lowest BCUT2D eigenvalue weighted by atomic mass is 10.1. The number of hydrogen-bond acceptors (Lipinski definition) is 6. The van der Waals surface area contributed by atoms with Crippen LogP contribution in [0, 0.1) is 13.8 Å². The summed E-state index contributed by atoms with van der Waals surface area (Å²) < 4.78 is 7.32. The van der Waals surface area contributed by atoms with Crippen LogP contribution in [0.3, 0.4) is 0 Å². The van der Waals surface area contributed by atoms with E-state index in [-0.39, 0.29) is 19.0 Å². The van der Waals surface area contributed by atoms with Crippen LogP contribution in [0.25, 0.3) is 21.6 Å². The molecule has 0 spiro atoms. The molecule has 0 aliphatic carbocycles. The minimum absolute atomic E-state index is 0.199. The molecular weight excluding hydrogens is 420 g/mol. The second kappa shape index (κ2) is 8.53. The third-order valence-electron chi connectivity index (χ3n) is 4.89. The molecule has 2 aromatic carbocycles. The maximum absolute atomic E-state index is 12.4. The Hall–Kier alpha value is -2.77. The van der Waals surface area contributed by atoms with Gasteiger partial charge in [0, 0.05) is 22.0 Å². The molecule has 8 heteroatoms. The van der Waals surface area contributed by atoms with Crippen LogP contribution < -0.4 is 0 Å². The number of hydrogen-bond donors (Lipinski definition) is 0. The van der Waals surface area contributed by atoms with E-state index >= 15 is 0 Å². The lowest BCUT2D eigenvalue weighted by Gasteiger charge is -2.05. The average Bonchev–Trinajstić information content (AvgIpc) is 3.29. The normalized spacial score (nSPS) is 11.2. The molecule has 0 unspecified atom stereocenters. The number of rotatable bonds is 6. The van der Waals surface area contributed by atoms with E-state index in [1.807, 2.05) is 61.9 Å². The van der Waals surface area contributed by atoms with Crippen molar-refractivity contribution >= 4 is 39.9 Å². The summed E-state index contributed by atoms with van der Waals surface area (Å²) in [5.74, 6) is -0.279. The lowest BCUT2D eigenvalue weighted by molar-refractivity contribution is -0.144. The Morgan fingerprint density at radius 3 is 2.80 bits per heavy atom. The number of thiazole rings is 1. The van der Waals surface area contributed by atoms with E-state index in [0.717, 1.165) is 49.8 Å². The number of esters is 1. The molecule has 30 heavy (non-hydrogen) atoms. The van der Waals surface area contributed by atoms with Gasteiger partial charge >= 0.3 is 5.97 Å². The molecule has 2 heterocycles. The van der Waals surface area contributed by atoms with Gasteiger partial charge in [-0.25, -0.2) is 9.67 Å². The van der Waals surface area contributed by atoms with Gasteiger partial charge in [-0.1, -0.05) is 28.9 Å². The van der Waals surface area contributed by atoms with Gasteiger partial charge in [0.15, 0.2) is 0 Å². The fraction of sp³-hybridized carbons (Fsp3) is 0.273. The van der Waals surface area contributed by atoms with Crippen LogP contribution in [0.1, 0.15) is 28.6 Å². The van der Waals surface area contributed by atoms with Crippen molar-refractivity contribution in [3.63, 3.8) is 0 Å². The van der Waals surface area contributed by atoms with E-state index in [4.69, 9.17) is 16.3 Å². The van der Waals surface area contributed by atoms with Crippen LogP contribution in [0.2, 0.25) is 5.02 Å². The Bertz CT molecular complexity index is 1230. The van der Waals surface area contributed by atoms with Crippen LogP contribution in [0.15, 0.2) is 36.4 Å². The van der Waals surface area contributed by atoms with Gasteiger partial charge in [-0.2, -0.15) is 0 Å². The zero-order valence-electron chi connectivity index (χ0n) is 17.0. The number of halogens is 1. The number of ether oxygens (including phenoxy) is 1. The van der Waals surface area contributed by atoms with Gasteiger partial charge in [0.2, 0.25) is 0 Å². The summed E-state index contributed by atoms with van der Waals surface area (Å²) in [7, 11) is 0. The summed E-state index contributed by atoms with van der Waals surface area (Å²) in [6, 6.07) is 11.5. The van der Waals surface area contributed by atoms with Gasteiger partial charge in [0.25, 0.3) is 0 Å². The Balaban J connectivity index is 1.42. The largest absolute Gasteiger partial charge is 0.461 e. The van der Waals surface area contributed by atoms with Crippen LogP contribution in [0.4, 0.5) is 0 Å². The smallest absolute Gasteiger partial charge is 0.311 e. The first-order valence-corrected chi connectivity index (χ1v) is 10.8. The quantitative estimate of drug-likeness (QED) is 0.388. The van der Waals surface area contributed by atoms with Crippen molar-refractivity contribution in [1.82, 2.24) is 20.0 Å². The second-order valence-electron chi connectivity index (χ2n) is 7.05. The van der Waals surface area contributed by atoms with Crippen LogP contribution in [0.5, 0.6) is 0 Å². The fourth-order valence-electron chi connectivity index (χ4n) is 3.26. The summed E-state index contributed by atoms with van der Waals surface area (Å²) in [6.07, 6.45) is 0.199. The van der Waals surface area contributed by atoms with Crippen molar-refractivity contribution in [3.05, 3.63) is 63.1 Å². The number of aryl methyl sites for hydroxylation is 3. The van der Waals surface area contributed by atoms with Gasteiger partial charge in [-0.3, -0.25) is 4.79 Å². The maximum atomic E-state index is 12.4. The number of benzene rings is 2. The van der Waals surface area contributed by atoms with Crippen LogP contribution in [-0.2, 0) is 29.1 Å². The first-order chi connectivity index (χ1) is 14.4. The van der Waals surface area contributed by atoms with Crippen molar-refractivity contribution in [2.75, 3.05) is 0 Å². The van der Waals surface area contributed by atoms with Crippen LogP contribution in [-0.4, -0.2) is 25.9 Å². The number of aromatic nitrogens is 4. The molecule has 0 atom stereocenters. The van der Waals surface area contributed by atoms with Crippen molar-refractivity contribution in [1.29, 1.82) is 0 Å². The summed E-state index contributed by atoms with van der Waals surface area (Å²) in [5.41, 5.74) is 5.59. The molecule has 0 saturated heterocycles. The molecular formula is C22H21ClN4O2S. The first-order valence-electron chi connectivity index (χ1n) is 9.65. The fourth-order valence-corrected chi connectivity index (χ4v) is 4.63. The van der Waals surface area contributed by atoms with Crippen molar-refractivity contribution < 1.29 is 9.53 Å². The topological polar surface area (TPSA) is 69.9 Å². The lowest BCUT2D eigenvalue weighted by Crippen LogP contribution is -2.07. The maximum Gasteiger partial charge on any atom is 0.311 e. The highest BCUT2D eigenvalue weighted by Crippen LogP contribution is 2.32. The molecule has 0 amide bonds. The zero-order valence-corrected chi connectivity index (χ0v) is 18.5. The molecule has 0 bridgehead atoms. The third-order valence-corrected chi connectivity index (χ3v) is 6.32. The van der Waals surface area contributed by atoms with Gasteiger partial charge in [-0.15, -0.1) is 16.4 Å². The van der Waals surface area contributed by atoms with Gasteiger partial charge in [0.1, 0.15) is 17.1 Å². The summed E-state index contributed by atoms with van der Waals surface area (Å²) >= 11 is 7.56. The Kier molecular flexibility index (Phi) is 5.83. The van der Waals surface area contributed by atoms with E-state index < -0.39 is 0 Å². The van der Waals surface area contributed by atoms with E-state index in [1.165, 1.54) is 11.3 Å². The van der Waals surface area contributed by atoms with Gasteiger partial charge < -0.3 is 4.74 Å². The van der Waals surface area contributed by atoms with E-state index in [2.05, 4.69) is 15.3 Å². The molecule has 0 radical (unpaired) electrons. The Labute approximate surface area is 183 Å². The molecule has 4 rings (SSSR count). The molecule has 6 nitrogen and oxygen atoms in total. The van der Waals surface area contributed by atoms with E-state index in [1.54, 1.807) is 0 Å². The number of carbonyl (C=O) groups excluding carboxylic acids is 1. The van der Waals surface area contributed by atoms with E-state index in [0.29, 0.717) is 5.02 Å². The molecule has 0 aliphatic heterocycles. The third kappa shape index (κ3) is 4.22. The standard InChI is InChI=1S/C22H21ClN4O2S/c1-4-27-19-8-5-15(10-18(19)25-26-27)12-29-21(28)11-20-14(3)24-22(30-20)17-7-6-16(23)9-13(17)2/h5-10H,4,11-12H2,1-3H3. The number of carbonyl (C=O) groups is 1. The molecule has 0 fully saturated rings. The highest BCUT2D eigenvalue weighted by atomic mass is 35.5. The predicted molar refractivity (Wildman–Crippen MR) is 119 cm³/mol. The summed E-state index contributed by atoms with van der Waals surface area (Å²) in [4.78, 5) is 18.0. The van der Waals surface area contributed by atoms with Crippen molar-refractivity contribution in [2.45, 2.75) is 40.3 Å². The SMILES string of the molecule is CCn1nnc2cc(COC(=O)Cc3sc(-c4ccc(Cl)cc4C)nc3C)ccc21. The summed E-state index contributed by atoms with van der Waals surface area (Å²) in [5, 5.41) is 9.84. The molecule has 0 saturated carbocycles.